The predicted molar refractivity (Wildman–Crippen MR) is 87.0 cm³/mol. The van der Waals surface area contributed by atoms with Crippen molar-refractivity contribution in [2.24, 2.45) is 18.4 Å². The third-order valence-corrected chi connectivity index (χ3v) is 3.96. The molecule has 1 N–H and O–H groups in total. The first-order chi connectivity index (χ1) is 9.40. The molecule has 0 spiro atoms. The van der Waals surface area contributed by atoms with Crippen LogP contribution >= 0.6 is 0 Å². The van der Waals surface area contributed by atoms with Gasteiger partial charge in [-0.05, 0) is 43.2 Å². The van der Waals surface area contributed by atoms with Gasteiger partial charge in [-0.2, -0.15) is 5.10 Å². The van der Waals surface area contributed by atoms with Gasteiger partial charge >= 0.3 is 0 Å². The van der Waals surface area contributed by atoms with Crippen molar-refractivity contribution < 1.29 is 0 Å². The Morgan fingerprint density at radius 2 is 2.05 bits per heavy atom. The molecule has 1 aromatic heterocycles. The maximum atomic E-state index is 4.58. The molecule has 1 atom stereocenters. The Morgan fingerprint density at radius 3 is 2.55 bits per heavy atom. The zero-order valence-corrected chi connectivity index (χ0v) is 14.3. The first-order valence-corrected chi connectivity index (χ1v) is 8.12. The van der Waals surface area contributed by atoms with Gasteiger partial charge in [-0.1, -0.05) is 41.0 Å². The molecule has 1 rings (SSSR count). The fourth-order valence-corrected chi connectivity index (χ4v) is 2.85. The summed E-state index contributed by atoms with van der Waals surface area (Å²) >= 11 is 0. The Kier molecular flexibility index (Phi) is 6.74. The van der Waals surface area contributed by atoms with Crippen LogP contribution in [0.15, 0.2) is 6.07 Å². The molecule has 3 nitrogen and oxygen atoms in total. The van der Waals surface area contributed by atoms with Crippen LogP contribution in [0.5, 0.6) is 0 Å². The van der Waals surface area contributed by atoms with Gasteiger partial charge in [-0.25, -0.2) is 0 Å². The molecule has 20 heavy (non-hydrogen) atoms. The second-order valence-corrected chi connectivity index (χ2v) is 6.87. The lowest BCUT2D eigenvalue weighted by atomic mass is 9.81. The minimum Gasteiger partial charge on any atom is -0.316 e. The van der Waals surface area contributed by atoms with Gasteiger partial charge in [-0.3, -0.25) is 4.68 Å². The largest absolute Gasteiger partial charge is 0.316 e. The monoisotopic (exact) mass is 279 g/mol. The molecule has 0 saturated heterocycles. The highest BCUT2D eigenvalue weighted by Crippen LogP contribution is 2.28. The number of nitrogens with zero attached hydrogens (tertiary/aromatic N) is 2. The number of nitrogens with one attached hydrogen (secondary N) is 1. The standard InChI is InChI=1S/C17H33N3/c1-7-9-17(5,13-18-12-14(3)4)11-16-10-15(8-2)19-20(16)6/h10,14,18H,7-9,11-13H2,1-6H3. The average Bonchev–Trinajstić information content (AvgIpc) is 2.69. The summed E-state index contributed by atoms with van der Waals surface area (Å²) in [6.07, 6.45) is 4.61. The quantitative estimate of drug-likeness (QED) is 0.749. The smallest absolute Gasteiger partial charge is 0.0624 e. The molecule has 0 aliphatic carbocycles. The van der Waals surface area contributed by atoms with Gasteiger partial charge in [0, 0.05) is 19.3 Å². The highest BCUT2D eigenvalue weighted by Gasteiger charge is 2.25. The molecule has 0 aromatic carbocycles. The summed E-state index contributed by atoms with van der Waals surface area (Å²) < 4.78 is 2.06. The van der Waals surface area contributed by atoms with E-state index < -0.39 is 0 Å². The van der Waals surface area contributed by atoms with Gasteiger partial charge in [-0.15, -0.1) is 0 Å². The van der Waals surface area contributed by atoms with Crippen molar-refractivity contribution in [2.45, 2.75) is 60.3 Å². The first kappa shape index (κ1) is 17.2. The zero-order chi connectivity index (χ0) is 15.2. The van der Waals surface area contributed by atoms with E-state index in [1.165, 1.54) is 24.2 Å². The third kappa shape index (κ3) is 5.28. The van der Waals surface area contributed by atoms with Crippen LogP contribution in [0, 0.1) is 11.3 Å². The number of aryl methyl sites for hydroxylation is 2. The molecule has 3 heteroatoms. The van der Waals surface area contributed by atoms with Gasteiger partial charge in [0.2, 0.25) is 0 Å². The van der Waals surface area contributed by atoms with Crippen LogP contribution < -0.4 is 5.32 Å². The molecule has 0 aliphatic rings. The maximum absolute atomic E-state index is 4.58. The normalized spacial score (nSPS) is 14.8. The summed E-state index contributed by atoms with van der Waals surface area (Å²) in [5.41, 5.74) is 2.89. The molecule has 116 valence electrons. The van der Waals surface area contributed by atoms with E-state index >= 15 is 0 Å². The van der Waals surface area contributed by atoms with Crippen molar-refractivity contribution >= 4 is 0 Å². The summed E-state index contributed by atoms with van der Waals surface area (Å²) in [4.78, 5) is 0. The van der Waals surface area contributed by atoms with Crippen molar-refractivity contribution in [1.29, 1.82) is 0 Å². The van der Waals surface area contributed by atoms with Crippen LogP contribution in [-0.2, 0) is 19.9 Å². The lowest BCUT2D eigenvalue weighted by Gasteiger charge is -2.30. The molecule has 0 saturated carbocycles. The summed E-state index contributed by atoms with van der Waals surface area (Å²) in [5, 5.41) is 8.22. The molecule has 0 aliphatic heterocycles. The lowest BCUT2D eigenvalue weighted by Crippen LogP contribution is -2.36. The molecular formula is C17H33N3. The second kappa shape index (κ2) is 7.82. The van der Waals surface area contributed by atoms with E-state index in [0.717, 1.165) is 25.9 Å². The molecule has 0 fully saturated rings. The van der Waals surface area contributed by atoms with Crippen molar-refractivity contribution in [3.8, 4) is 0 Å². The van der Waals surface area contributed by atoms with Crippen molar-refractivity contribution in [3.63, 3.8) is 0 Å². The van der Waals surface area contributed by atoms with E-state index in [4.69, 9.17) is 0 Å². The number of hydrogen-bond donors (Lipinski definition) is 1. The minimum absolute atomic E-state index is 0.322. The van der Waals surface area contributed by atoms with Gasteiger partial charge in [0.05, 0.1) is 5.69 Å². The summed E-state index contributed by atoms with van der Waals surface area (Å²) in [5.74, 6) is 0.712. The van der Waals surface area contributed by atoms with E-state index in [9.17, 15) is 0 Å². The third-order valence-electron chi connectivity index (χ3n) is 3.96. The van der Waals surface area contributed by atoms with Crippen LogP contribution in [0.25, 0.3) is 0 Å². The summed E-state index contributed by atoms with van der Waals surface area (Å²) in [6, 6.07) is 2.27. The molecular weight excluding hydrogens is 246 g/mol. The van der Waals surface area contributed by atoms with E-state index in [0.29, 0.717) is 11.3 Å². The van der Waals surface area contributed by atoms with Crippen LogP contribution in [0.1, 0.15) is 58.8 Å². The number of rotatable bonds is 9. The topological polar surface area (TPSA) is 29.9 Å². The highest BCUT2D eigenvalue weighted by atomic mass is 15.3. The Morgan fingerprint density at radius 1 is 1.35 bits per heavy atom. The first-order valence-electron chi connectivity index (χ1n) is 8.12. The highest BCUT2D eigenvalue weighted by molar-refractivity contribution is 5.12. The van der Waals surface area contributed by atoms with E-state index in [2.05, 4.69) is 62.8 Å². The van der Waals surface area contributed by atoms with Gasteiger partial charge in [0.15, 0.2) is 0 Å². The zero-order valence-electron chi connectivity index (χ0n) is 14.3. The molecule has 1 unspecified atom stereocenters. The Balaban J connectivity index is 2.71. The molecule has 0 amide bonds. The van der Waals surface area contributed by atoms with E-state index in [1.807, 2.05) is 0 Å². The van der Waals surface area contributed by atoms with Crippen LogP contribution in [0.2, 0.25) is 0 Å². The van der Waals surface area contributed by atoms with E-state index in [-0.39, 0.29) is 0 Å². The molecule has 0 radical (unpaired) electrons. The van der Waals surface area contributed by atoms with Crippen LogP contribution in [0.3, 0.4) is 0 Å². The SMILES string of the molecule is CCCC(C)(CNCC(C)C)Cc1cc(CC)nn1C. The number of hydrogen-bond acceptors (Lipinski definition) is 2. The van der Waals surface area contributed by atoms with Gasteiger partial charge in [0.25, 0.3) is 0 Å². The molecule has 0 bridgehead atoms. The Hall–Kier alpha value is -0.830. The van der Waals surface area contributed by atoms with Crippen molar-refractivity contribution in [2.75, 3.05) is 13.1 Å². The number of aromatic nitrogens is 2. The fourth-order valence-electron chi connectivity index (χ4n) is 2.85. The van der Waals surface area contributed by atoms with Crippen LogP contribution in [0.4, 0.5) is 0 Å². The van der Waals surface area contributed by atoms with Gasteiger partial charge < -0.3 is 5.32 Å². The minimum atomic E-state index is 0.322. The van der Waals surface area contributed by atoms with Crippen molar-refractivity contribution in [3.05, 3.63) is 17.5 Å². The fraction of sp³-hybridized carbons (Fsp3) is 0.824. The summed E-state index contributed by atoms with van der Waals surface area (Å²) in [7, 11) is 2.07. The van der Waals surface area contributed by atoms with Gasteiger partial charge in [0.1, 0.15) is 0 Å². The molecule has 1 aromatic rings. The van der Waals surface area contributed by atoms with Crippen molar-refractivity contribution in [1.82, 2.24) is 15.1 Å². The Labute approximate surface area is 125 Å². The second-order valence-electron chi connectivity index (χ2n) is 6.87. The van der Waals surface area contributed by atoms with E-state index in [1.54, 1.807) is 0 Å². The lowest BCUT2D eigenvalue weighted by molar-refractivity contribution is 0.265. The summed E-state index contributed by atoms with van der Waals surface area (Å²) in [6.45, 7) is 13.6. The predicted octanol–water partition coefficient (Wildman–Crippen LogP) is 3.58. The average molecular weight is 279 g/mol. The molecule has 1 heterocycles. The van der Waals surface area contributed by atoms with Crippen LogP contribution in [-0.4, -0.2) is 22.9 Å². The maximum Gasteiger partial charge on any atom is 0.0624 e. The Bertz CT molecular complexity index is 395.